The number of benzene rings is 1. The number of aromatic nitrogens is 1. The molecule has 2 rings (SSSR count). The molecule has 2 aromatic rings. The third-order valence-corrected chi connectivity index (χ3v) is 2.39. The zero-order valence-corrected chi connectivity index (χ0v) is 9.06. The van der Waals surface area contributed by atoms with E-state index in [9.17, 15) is 9.18 Å². The molecule has 0 unspecified atom stereocenters. The van der Waals surface area contributed by atoms with E-state index in [2.05, 4.69) is 4.98 Å². The van der Waals surface area contributed by atoms with Crippen LogP contribution in [0.4, 0.5) is 4.39 Å². The number of rotatable bonds is 3. The summed E-state index contributed by atoms with van der Waals surface area (Å²) < 4.78 is 12.7. The van der Waals surface area contributed by atoms with Gasteiger partial charge in [0.15, 0.2) is 5.78 Å². The molecule has 17 heavy (non-hydrogen) atoms. The van der Waals surface area contributed by atoms with Crippen molar-refractivity contribution in [2.24, 2.45) is 5.73 Å². The fourth-order valence-corrected chi connectivity index (χ4v) is 1.50. The minimum Gasteiger partial charge on any atom is -0.325 e. The summed E-state index contributed by atoms with van der Waals surface area (Å²) in [4.78, 5) is 16.0. The van der Waals surface area contributed by atoms with E-state index in [1.807, 2.05) is 0 Å². The van der Waals surface area contributed by atoms with Crippen molar-refractivity contribution < 1.29 is 9.18 Å². The van der Waals surface area contributed by atoms with E-state index in [4.69, 9.17) is 5.73 Å². The molecule has 0 saturated heterocycles. The molecule has 0 atom stereocenters. The van der Waals surface area contributed by atoms with Crippen LogP contribution in [0.1, 0.15) is 21.6 Å². The number of carbonyl (C=O) groups is 1. The van der Waals surface area contributed by atoms with E-state index in [0.29, 0.717) is 16.8 Å². The Labute approximate surface area is 98.1 Å². The van der Waals surface area contributed by atoms with Gasteiger partial charge in [-0.1, -0.05) is 0 Å². The molecule has 2 N–H and O–H groups in total. The molecule has 0 saturated carbocycles. The Balaban J connectivity index is 2.33. The summed E-state index contributed by atoms with van der Waals surface area (Å²) >= 11 is 0. The molecule has 1 aromatic heterocycles. The SMILES string of the molecule is NCc1cc(C(=O)c2ccc(F)cc2)ccn1. The average Bonchev–Trinajstić information content (AvgIpc) is 2.39. The molecule has 0 amide bonds. The Morgan fingerprint density at radius 3 is 2.53 bits per heavy atom. The zero-order chi connectivity index (χ0) is 12.3. The van der Waals surface area contributed by atoms with Crippen LogP contribution in [0.25, 0.3) is 0 Å². The van der Waals surface area contributed by atoms with Gasteiger partial charge in [0.25, 0.3) is 0 Å². The molecule has 0 aliphatic carbocycles. The molecular formula is C13H11FN2O. The molecule has 1 aromatic carbocycles. The van der Waals surface area contributed by atoms with Crippen LogP contribution in [-0.4, -0.2) is 10.8 Å². The highest BCUT2D eigenvalue weighted by Crippen LogP contribution is 2.11. The van der Waals surface area contributed by atoms with Gasteiger partial charge in [-0.3, -0.25) is 9.78 Å². The predicted molar refractivity (Wildman–Crippen MR) is 62.0 cm³/mol. The normalized spacial score (nSPS) is 10.2. The number of nitrogens with two attached hydrogens (primary N) is 1. The minimum absolute atomic E-state index is 0.165. The molecule has 3 nitrogen and oxygen atoms in total. The van der Waals surface area contributed by atoms with Crippen LogP contribution in [-0.2, 0) is 6.54 Å². The summed E-state index contributed by atoms with van der Waals surface area (Å²) in [7, 11) is 0. The lowest BCUT2D eigenvalue weighted by Crippen LogP contribution is -2.05. The second-order valence-corrected chi connectivity index (χ2v) is 3.58. The Morgan fingerprint density at radius 1 is 1.18 bits per heavy atom. The minimum atomic E-state index is -0.362. The largest absolute Gasteiger partial charge is 0.325 e. The third-order valence-electron chi connectivity index (χ3n) is 2.39. The van der Waals surface area contributed by atoms with Crippen molar-refractivity contribution in [1.82, 2.24) is 4.98 Å². The topological polar surface area (TPSA) is 56.0 Å². The van der Waals surface area contributed by atoms with Crippen LogP contribution in [0.2, 0.25) is 0 Å². The van der Waals surface area contributed by atoms with E-state index in [1.54, 1.807) is 18.3 Å². The Bertz CT molecular complexity index is 537. The highest BCUT2D eigenvalue weighted by atomic mass is 19.1. The number of carbonyl (C=O) groups excluding carboxylic acids is 1. The highest BCUT2D eigenvalue weighted by molar-refractivity contribution is 6.08. The summed E-state index contributed by atoms with van der Waals surface area (Å²) in [6, 6.07) is 8.70. The van der Waals surface area contributed by atoms with Gasteiger partial charge in [-0.15, -0.1) is 0 Å². The van der Waals surface area contributed by atoms with E-state index in [0.717, 1.165) is 0 Å². The highest BCUT2D eigenvalue weighted by Gasteiger charge is 2.09. The van der Waals surface area contributed by atoms with Crippen molar-refractivity contribution in [2.45, 2.75) is 6.54 Å². The molecule has 0 aliphatic heterocycles. The molecule has 4 heteroatoms. The van der Waals surface area contributed by atoms with Crippen molar-refractivity contribution in [3.8, 4) is 0 Å². The van der Waals surface area contributed by atoms with Crippen LogP contribution in [0.3, 0.4) is 0 Å². The van der Waals surface area contributed by atoms with E-state index in [-0.39, 0.29) is 18.1 Å². The first-order chi connectivity index (χ1) is 8.20. The van der Waals surface area contributed by atoms with E-state index >= 15 is 0 Å². The molecular weight excluding hydrogens is 219 g/mol. The maximum Gasteiger partial charge on any atom is 0.193 e. The number of ketones is 1. The fourth-order valence-electron chi connectivity index (χ4n) is 1.50. The van der Waals surface area contributed by atoms with E-state index < -0.39 is 0 Å². The summed E-state index contributed by atoms with van der Waals surface area (Å²) in [5, 5.41) is 0. The lowest BCUT2D eigenvalue weighted by atomic mass is 10.0. The molecule has 0 aliphatic rings. The summed E-state index contributed by atoms with van der Waals surface area (Å²) in [5.41, 5.74) is 7.06. The van der Waals surface area contributed by atoms with Crippen LogP contribution in [0, 0.1) is 5.82 Å². The zero-order valence-electron chi connectivity index (χ0n) is 9.06. The van der Waals surface area contributed by atoms with Gasteiger partial charge in [0.05, 0.1) is 5.69 Å². The summed E-state index contributed by atoms with van der Waals surface area (Å²) in [5.74, 6) is -0.527. The van der Waals surface area contributed by atoms with Gasteiger partial charge in [-0.2, -0.15) is 0 Å². The van der Waals surface area contributed by atoms with Crippen LogP contribution < -0.4 is 5.73 Å². The molecule has 0 spiro atoms. The Morgan fingerprint density at radius 2 is 1.88 bits per heavy atom. The Kier molecular flexibility index (Phi) is 3.25. The number of hydrogen-bond acceptors (Lipinski definition) is 3. The van der Waals surface area contributed by atoms with Crippen molar-refractivity contribution in [3.63, 3.8) is 0 Å². The average molecular weight is 230 g/mol. The van der Waals surface area contributed by atoms with Crippen LogP contribution in [0.5, 0.6) is 0 Å². The van der Waals surface area contributed by atoms with Crippen molar-refractivity contribution >= 4 is 5.78 Å². The standard InChI is InChI=1S/C13H11FN2O/c14-11-3-1-9(2-4-11)13(17)10-5-6-16-12(7-10)8-15/h1-7H,8,15H2. The molecule has 0 bridgehead atoms. The molecule has 0 radical (unpaired) electrons. The van der Waals surface area contributed by atoms with Gasteiger partial charge in [0, 0.05) is 23.9 Å². The quantitative estimate of drug-likeness (QED) is 0.819. The third kappa shape index (κ3) is 2.54. The van der Waals surface area contributed by atoms with Gasteiger partial charge >= 0.3 is 0 Å². The predicted octanol–water partition coefficient (Wildman–Crippen LogP) is 1.91. The number of halogens is 1. The second kappa shape index (κ2) is 4.84. The van der Waals surface area contributed by atoms with Gasteiger partial charge in [0.2, 0.25) is 0 Å². The molecule has 1 heterocycles. The summed E-state index contributed by atoms with van der Waals surface area (Å²) in [6.45, 7) is 0.282. The molecule has 86 valence electrons. The van der Waals surface area contributed by atoms with Gasteiger partial charge in [-0.25, -0.2) is 4.39 Å². The summed E-state index contributed by atoms with van der Waals surface area (Å²) in [6.07, 6.45) is 1.54. The van der Waals surface area contributed by atoms with Gasteiger partial charge in [0.1, 0.15) is 5.82 Å². The van der Waals surface area contributed by atoms with Crippen molar-refractivity contribution in [1.29, 1.82) is 0 Å². The first-order valence-electron chi connectivity index (χ1n) is 5.16. The number of pyridine rings is 1. The monoisotopic (exact) mass is 230 g/mol. The van der Waals surface area contributed by atoms with Crippen molar-refractivity contribution in [2.75, 3.05) is 0 Å². The second-order valence-electron chi connectivity index (χ2n) is 3.58. The van der Waals surface area contributed by atoms with Crippen LogP contribution in [0.15, 0.2) is 42.6 Å². The fraction of sp³-hybridized carbons (Fsp3) is 0.0769. The van der Waals surface area contributed by atoms with Crippen molar-refractivity contribution in [3.05, 3.63) is 65.2 Å². The first-order valence-corrected chi connectivity index (χ1v) is 5.16. The maximum atomic E-state index is 12.7. The van der Waals surface area contributed by atoms with Gasteiger partial charge in [-0.05, 0) is 36.4 Å². The van der Waals surface area contributed by atoms with E-state index in [1.165, 1.54) is 24.3 Å². The molecule has 0 fully saturated rings. The van der Waals surface area contributed by atoms with Gasteiger partial charge < -0.3 is 5.73 Å². The Hall–Kier alpha value is -2.07. The number of hydrogen-bond donors (Lipinski definition) is 1. The lowest BCUT2D eigenvalue weighted by molar-refractivity contribution is 0.103. The smallest absolute Gasteiger partial charge is 0.193 e. The lowest BCUT2D eigenvalue weighted by Gasteiger charge is -2.02. The number of nitrogens with zero attached hydrogens (tertiary/aromatic N) is 1. The first kappa shape index (κ1) is 11.4. The maximum absolute atomic E-state index is 12.7. The van der Waals surface area contributed by atoms with Crippen LogP contribution >= 0.6 is 0 Å².